The average molecular weight is 655 g/mol. The molecule has 0 radical (unpaired) electrons. The molecule has 17 N–H and O–H groups in total. The fourth-order valence-electron chi connectivity index (χ4n) is 6.12. The van der Waals surface area contributed by atoms with Crippen LogP contribution in [0.15, 0.2) is 0 Å². The van der Waals surface area contributed by atoms with Crippen molar-refractivity contribution in [3.63, 3.8) is 0 Å². The van der Waals surface area contributed by atoms with Crippen LogP contribution in [0.1, 0.15) is 19.8 Å². The molecule has 1 amide bonds. The van der Waals surface area contributed by atoms with Crippen molar-refractivity contribution in [1.29, 1.82) is 0 Å². The first-order valence-electron chi connectivity index (χ1n) is 15.0. The second-order valence-corrected chi connectivity index (χ2v) is 12.8. The molecule has 4 fully saturated rings. The van der Waals surface area contributed by atoms with E-state index in [2.05, 4.69) is 16.0 Å². The van der Waals surface area contributed by atoms with Crippen molar-refractivity contribution >= 4 is 5.91 Å². The summed E-state index contributed by atoms with van der Waals surface area (Å²) in [7, 11) is 1.52. The Morgan fingerprint density at radius 2 is 1.64 bits per heavy atom. The van der Waals surface area contributed by atoms with E-state index in [0.717, 1.165) is 0 Å². The lowest BCUT2D eigenvalue weighted by molar-refractivity contribution is -0.330. The number of aliphatic hydroxyl groups is 8. The Balaban J connectivity index is 1.52. The third-order valence-corrected chi connectivity index (χ3v) is 9.09. The Labute approximate surface area is 259 Å². The smallest absolute Gasteiger partial charge is 0.253 e. The molecular weight excluding hydrogens is 604 g/mol. The monoisotopic (exact) mass is 654 g/mol. The van der Waals surface area contributed by atoms with Gasteiger partial charge in [0.25, 0.3) is 5.91 Å². The van der Waals surface area contributed by atoms with Crippen LogP contribution in [-0.2, 0) is 23.7 Å². The Morgan fingerprint density at radius 3 is 2.24 bits per heavy atom. The number of aliphatic hydroxyl groups excluding tert-OH is 6. The summed E-state index contributed by atoms with van der Waals surface area (Å²) in [5.74, 6) is -0.812. The Hall–Kier alpha value is -1.21. The molecule has 262 valence electrons. The number of hydrogen-bond donors (Lipinski definition) is 14. The Kier molecular flexibility index (Phi) is 11.8. The molecule has 4 rings (SSSR count). The molecule has 0 aromatic carbocycles. The molecule has 2 saturated carbocycles. The van der Waals surface area contributed by atoms with Gasteiger partial charge in [0.15, 0.2) is 18.2 Å². The molecule has 2 aliphatic carbocycles. The topological polar surface area (TPSA) is 330 Å². The van der Waals surface area contributed by atoms with Gasteiger partial charge in [-0.15, -0.1) is 0 Å². The van der Waals surface area contributed by atoms with Crippen molar-refractivity contribution < 1.29 is 64.6 Å². The molecule has 0 aromatic heterocycles. The molecule has 19 nitrogen and oxygen atoms in total. The Morgan fingerprint density at radius 1 is 1.00 bits per heavy atom. The highest BCUT2D eigenvalue weighted by atomic mass is 16.7. The molecule has 2 aliphatic heterocycles. The van der Waals surface area contributed by atoms with Crippen molar-refractivity contribution in [1.82, 2.24) is 16.0 Å². The van der Waals surface area contributed by atoms with Gasteiger partial charge < -0.3 is 93.0 Å². The lowest BCUT2D eigenvalue weighted by atomic mass is 9.83. The van der Waals surface area contributed by atoms with E-state index in [-0.39, 0.29) is 39.1 Å². The normalized spacial score (nSPS) is 49.4. The van der Waals surface area contributed by atoms with Gasteiger partial charge in [-0.05, 0) is 20.4 Å². The zero-order valence-corrected chi connectivity index (χ0v) is 25.3. The predicted molar refractivity (Wildman–Crippen MR) is 152 cm³/mol. The van der Waals surface area contributed by atoms with Gasteiger partial charge in [0, 0.05) is 37.6 Å². The molecule has 0 bridgehead atoms. The van der Waals surface area contributed by atoms with Gasteiger partial charge >= 0.3 is 0 Å². The fourth-order valence-corrected chi connectivity index (χ4v) is 6.12. The highest BCUT2D eigenvalue weighted by Gasteiger charge is 2.59. The summed E-state index contributed by atoms with van der Waals surface area (Å²) in [4.78, 5) is 12.9. The summed E-state index contributed by atoms with van der Waals surface area (Å²) < 4.78 is 23.3. The summed E-state index contributed by atoms with van der Waals surface area (Å²) in [6.45, 7) is 1.02. The van der Waals surface area contributed by atoms with Gasteiger partial charge in [-0.3, -0.25) is 4.79 Å². The number of likely N-dealkylation sites (N-methyl/N-ethyl adjacent to an activating group) is 1. The number of amides is 1. The van der Waals surface area contributed by atoms with Gasteiger partial charge in [-0.2, -0.15) is 0 Å². The van der Waals surface area contributed by atoms with Crippen molar-refractivity contribution in [2.75, 3.05) is 33.4 Å². The third-order valence-electron chi connectivity index (χ3n) is 9.09. The van der Waals surface area contributed by atoms with Crippen LogP contribution in [-0.4, -0.2) is 183 Å². The number of nitrogens with one attached hydrogen (secondary N) is 3. The number of nitrogens with two attached hydrogens (primary N) is 3. The lowest BCUT2D eigenvalue weighted by Gasteiger charge is -2.49. The lowest BCUT2D eigenvalue weighted by Crippen LogP contribution is -2.70. The first kappa shape index (κ1) is 36.6. The van der Waals surface area contributed by atoms with Crippen molar-refractivity contribution in [3.05, 3.63) is 0 Å². The number of ether oxygens (including phenoxy) is 4. The third kappa shape index (κ3) is 7.76. The van der Waals surface area contributed by atoms with Crippen LogP contribution in [0, 0.1) is 0 Å². The molecule has 19 heteroatoms. The van der Waals surface area contributed by atoms with Crippen LogP contribution >= 0.6 is 0 Å². The van der Waals surface area contributed by atoms with Gasteiger partial charge in [-0.1, -0.05) is 0 Å². The molecule has 2 heterocycles. The van der Waals surface area contributed by atoms with Crippen LogP contribution in [0.25, 0.3) is 0 Å². The van der Waals surface area contributed by atoms with E-state index in [1.165, 1.54) is 14.0 Å². The van der Waals surface area contributed by atoms with Crippen LogP contribution in [0.4, 0.5) is 0 Å². The summed E-state index contributed by atoms with van der Waals surface area (Å²) in [6, 6.07) is -4.37. The van der Waals surface area contributed by atoms with Gasteiger partial charge in [-0.25, -0.2) is 0 Å². The maximum atomic E-state index is 12.9. The maximum Gasteiger partial charge on any atom is 0.253 e. The van der Waals surface area contributed by atoms with E-state index in [1.54, 1.807) is 0 Å². The zero-order chi connectivity index (χ0) is 33.4. The molecular formula is C26H50N6O13. The number of carbonyl (C=O) groups is 1. The van der Waals surface area contributed by atoms with E-state index in [1.807, 2.05) is 0 Å². The highest BCUT2D eigenvalue weighted by Crippen LogP contribution is 2.36. The van der Waals surface area contributed by atoms with Crippen molar-refractivity contribution in [2.24, 2.45) is 17.2 Å². The molecule has 0 spiro atoms. The highest BCUT2D eigenvalue weighted by molar-refractivity contribution is 5.89. The maximum absolute atomic E-state index is 12.9. The molecule has 45 heavy (non-hydrogen) atoms. The van der Waals surface area contributed by atoms with E-state index in [4.69, 9.17) is 41.3 Å². The average Bonchev–Trinajstić information content (AvgIpc) is 3.61. The largest absolute Gasteiger partial charge is 0.395 e. The minimum Gasteiger partial charge on any atom is -0.395 e. The SMILES string of the molecule is CN[C@@H]1[C@@H](O)[C@@H](O[C@H]2[C@H](NC(=O)C3(O)CC3N)C[C@H](N)C(O[C@H]3O[C@H](CNCC(N)CO)[C@@H](O)[C@H](O)[C@H]3O)[C@@H]2O)OC[C@]1(C)O. The van der Waals surface area contributed by atoms with E-state index in [9.17, 15) is 40.5 Å². The van der Waals surface area contributed by atoms with E-state index >= 15 is 0 Å². The number of hydrogen-bond acceptors (Lipinski definition) is 18. The zero-order valence-electron chi connectivity index (χ0n) is 25.3. The predicted octanol–water partition coefficient (Wildman–Crippen LogP) is -8.43. The van der Waals surface area contributed by atoms with Gasteiger partial charge in [0.1, 0.15) is 54.4 Å². The molecule has 17 atom stereocenters. The van der Waals surface area contributed by atoms with Gasteiger partial charge in [0.2, 0.25) is 0 Å². The molecule has 2 saturated heterocycles. The fraction of sp³-hybridized carbons (Fsp3) is 0.962. The Bertz CT molecular complexity index is 1000. The molecule has 4 aliphatic rings. The summed E-state index contributed by atoms with van der Waals surface area (Å²) >= 11 is 0. The summed E-state index contributed by atoms with van der Waals surface area (Å²) in [6.07, 6.45) is -15.0. The minimum absolute atomic E-state index is 0.0217. The quantitative estimate of drug-likeness (QED) is 0.0928. The van der Waals surface area contributed by atoms with Crippen LogP contribution < -0.4 is 33.2 Å². The van der Waals surface area contributed by atoms with E-state index in [0.29, 0.717) is 0 Å². The number of rotatable bonds is 12. The van der Waals surface area contributed by atoms with Gasteiger partial charge in [0.05, 0.1) is 25.3 Å². The van der Waals surface area contributed by atoms with Crippen LogP contribution in [0.2, 0.25) is 0 Å². The molecule has 4 unspecified atom stereocenters. The second-order valence-electron chi connectivity index (χ2n) is 12.8. The first-order chi connectivity index (χ1) is 21.0. The number of carbonyl (C=O) groups excluding carboxylic acids is 1. The first-order valence-corrected chi connectivity index (χ1v) is 15.0. The van der Waals surface area contributed by atoms with Crippen LogP contribution in [0.5, 0.6) is 0 Å². The minimum atomic E-state index is -1.81. The standard InChI is InChI=1S/C26H50N6O13/c1-25(40)8-42-22(18(38)21(25)30-2)45-20-11(32-24(39)26(41)4-13(26)29)3-10(28)19(17(20)37)44-23-16(36)15(35)14(34)12(43-23)6-31-5-9(27)7-33/h9-23,30-31,33-38,40-41H,3-8,27-29H2,1-2H3,(H,32,39)/t9?,10-,11+,12+,13?,14+,15-,16+,17-,18+,19?,20-,21+,22+,23+,25-,26?/m0/s1. The summed E-state index contributed by atoms with van der Waals surface area (Å²) in [5, 5.41) is 92.7. The van der Waals surface area contributed by atoms with E-state index < -0.39 is 109 Å². The molecule has 0 aromatic rings. The van der Waals surface area contributed by atoms with Crippen molar-refractivity contribution in [3.8, 4) is 0 Å². The van der Waals surface area contributed by atoms with Crippen molar-refractivity contribution in [2.45, 2.75) is 123 Å². The van der Waals surface area contributed by atoms with Crippen LogP contribution in [0.3, 0.4) is 0 Å². The summed E-state index contributed by atoms with van der Waals surface area (Å²) in [5.41, 5.74) is 14.5. The second kappa shape index (κ2) is 14.5.